The van der Waals surface area contributed by atoms with Gasteiger partial charge in [-0.1, -0.05) is 13.8 Å². The van der Waals surface area contributed by atoms with Crippen LogP contribution in [0.25, 0.3) is 0 Å². The Labute approximate surface area is 42.0 Å². The van der Waals surface area contributed by atoms with E-state index in [2.05, 4.69) is 0 Å². The topological polar surface area (TPSA) is 17.1 Å². The Bertz CT molecular complexity index is 10.9. The van der Waals surface area contributed by atoms with Crippen LogP contribution in [0.1, 0.15) is 13.8 Å². The van der Waals surface area contributed by atoms with E-state index in [1.165, 1.54) is 0 Å². The van der Waals surface area contributed by atoms with E-state index in [9.17, 15) is 0 Å². The molecule has 0 aliphatic carbocycles. The summed E-state index contributed by atoms with van der Waals surface area (Å²) in [5.74, 6) is 0. The molecule has 2 heteroatoms. The molecule has 0 unspecified atom stereocenters. The van der Waals surface area contributed by atoms with Gasteiger partial charge in [0.05, 0.1) is 0 Å². The van der Waals surface area contributed by atoms with Crippen LogP contribution < -0.4 is 0 Å². The van der Waals surface area contributed by atoms with E-state index >= 15 is 0 Å². The van der Waals surface area contributed by atoms with Crippen molar-refractivity contribution >= 4 is 0 Å². The SMILES string of the molecule is C[CH]C.[O]=[V]. The molecule has 0 rings (SSSR count). The zero-order valence-corrected chi connectivity index (χ0v) is 4.83. The first kappa shape index (κ1) is 9.04. The second-order valence-electron chi connectivity index (χ2n) is 0.577. The first-order chi connectivity index (χ1) is 2.41. The quantitative estimate of drug-likeness (QED) is 0.456. The van der Waals surface area contributed by atoms with Crippen molar-refractivity contribution in [3.8, 4) is 0 Å². The molecule has 0 aromatic carbocycles. The Morgan fingerprint density at radius 2 is 1.40 bits per heavy atom. The molecule has 0 aromatic rings. The molecule has 0 heterocycles. The second kappa shape index (κ2) is 26.2. The summed E-state index contributed by atoms with van der Waals surface area (Å²) in [5.41, 5.74) is 0. The summed E-state index contributed by atoms with van der Waals surface area (Å²) >= 11 is 1.06. The van der Waals surface area contributed by atoms with Crippen molar-refractivity contribution in [2.75, 3.05) is 0 Å². The van der Waals surface area contributed by atoms with E-state index in [1.807, 2.05) is 20.3 Å². The van der Waals surface area contributed by atoms with Crippen molar-refractivity contribution < 1.29 is 21.0 Å². The van der Waals surface area contributed by atoms with Gasteiger partial charge in [0.1, 0.15) is 0 Å². The number of hydrogen-bond donors (Lipinski definition) is 0. The van der Waals surface area contributed by atoms with Gasteiger partial charge in [0, 0.05) is 0 Å². The predicted octanol–water partition coefficient (Wildman–Crippen LogP) is 1.11. The average Bonchev–Trinajstić information content (AvgIpc) is 1.46. The van der Waals surface area contributed by atoms with Gasteiger partial charge < -0.3 is 0 Å². The second-order valence-corrected chi connectivity index (χ2v) is 0.577. The van der Waals surface area contributed by atoms with E-state index in [1.54, 1.807) is 0 Å². The fourth-order valence-electron chi connectivity index (χ4n) is 0. The Morgan fingerprint density at radius 1 is 1.40 bits per heavy atom. The first-order valence-corrected chi connectivity index (χ1v) is 1.91. The Morgan fingerprint density at radius 3 is 1.40 bits per heavy atom. The molecular formula is C3H7OV. The fraction of sp³-hybridized carbons (Fsp3) is 0.667. The van der Waals surface area contributed by atoms with E-state index in [-0.39, 0.29) is 0 Å². The number of hydrogen-bond acceptors (Lipinski definition) is 1. The minimum atomic E-state index is 1.06. The molecule has 0 N–H and O–H groups in total. The normalized spacial score (nSPS) is 4.20. The molecule has 1 radical (unpaired) electrons. The molecule has 0 aliphatic heterocycles. The molecule has 0 aliphatic rings. The molecule has 0 aromatic heterocycles. The van der Waals surface area contributed by atoms with Crippen molar-refractivity contribution in [1.82, 2.24) is 0 Å². The van der Waals surface area contributed by atoms with Crippen LogP contribution >= 0.6 is 0 Å². The number of rotatable bonds is 0. The molecule has 0 bridgehead atoms. The summed E-state index contributed by atoms with van der Waals surface area (Å²) in [6, 6.07) is 0. The molecule has 1 nitrogen and oxygen atoms in total. The van der Waals surface area contributed by atoms with Crippen molar-refractivity contribution in [3.63, 3.8) is 0 Å². The third-order valence-corrected chi connectivity index (χ3v) is 0. The third-order valence-electron chi connectivity index (χ3n) is 0. The summed E-state index contributed by atoms with van der Waals surface area (Å²) in [6.07, 6.45) is 2.00. The monoisotopic (exact) mass is 110 g/mol. The van der Waals surface area contributed by atoms with Gasteiger partial charge in [0.15, 0.2) is 0 Å². The van der Waals surface area contributed by atoms with Gasteiger partial charge in [-0.25, -0.2) is 0 Å². The van der Waals surface area contributed by atoms with E-state index in [0.29, 0.717) is 0 Å². The molecule has 0 spiro atoms. The first-order valence-electron chi connectivity index (χ1n) is 1.34. The van der Waals surface area contributed by atoms with Crippen LogP contribution in [-0.4, -0.2) is 0 Å². The summed E-state index contributed by atoms with van der Waals surface area (Å²) in [4.78, 5) is 0. The van der Waals surface area contributed by atoms with Gasteiger partial charge in [0.2, 0.25) is 0 Å². The molecule has 0 saturated heterocycles. The van der Waals surface area contributed by atoms with E-state index in [0.717, 1.165) is 17.4 Å². The molecule has 0 atom stereocenters. The Kier molecular flexibility index (Phi) is 47.4. The van der Waals surface area contributed by atoms with Crippen LogP contribution in [0.2, 0.25) is 0 Å². The molecule has 0 saturated carbocycles. The van der Waals surface area contributed by atoms with Gasteiger partial charge in [-0.3, -0.25) is 0 Å². The molecule has 0 fully saturated rings. The summed E-state index contributed by atoms with van der Waals surface area (Å²) < 4.78 is 8.19. The van der Waals surface area contributed by atoms with Crippen LogP contribution in [0.3, 0.4) is 0 Å². The van der Waals surface area contributed by atoms with Crippen molar-refractivity contribution in [1.29, 1.82) is 0 Å². The van der Waals surface area contributed by atoms with Crippen LogP contribution in [0.5, 0.6) is 0 Å². The summed E-state index contributed by atoms with van der Waals surface area (Å²) in [7, 11) is 0. The third kappa shape index (κ3) is 169. The summed E-state index contributed by atoms with van der Waals surface area (Å²) in [6.45, 7) is 4.00. The van der Waals surface area contributed by atoms with Crippen LogP contribution in [-0.2, 0) is 21.0 Å². The molecule has 30 valence electrons. The Hall–Kier alpha value is 0.384. The standard InChI is InChI=1S/C3H7.O.V/c1-3-2;;/h3H,1-2H3;;. The van der Waals surface area contributed by atoms with Gasteiger partial charge in [-0.2, -0.15) is 0 Å². The Balaban J connectivity index is 0. The molecule has 0 amide bonds. The van der Waals surface area contributed by atoms with Crippen LogP contribution in [0.4, 0.5) is 0 Å². The molecular weight excluding hydrogens is 103 g/mol. The van der Waals surface area contributed by atoms with Crippen molar-refractivity contribution in [3.05, 3.63) is 6.42 Å². The van der Waals surface area contributed by atoms with Gasteiger partial charge >= 0.3 is 21.0 Å². The van der Waals surface area contributed by atoms with Crippen LogP contribution in [0, 0.1) is 6.42 Å². The van der Waals surface area contributed by atoms with E-state index < -0.39 is 0 Å². The van der Waals surface area contributed by atoms with E-state index in [4.69, 9.17) is 3.67 Å². The maximum atomic E-state index is 8.19. The van der Waals surface area contributed by atoms with Gasteiger partial charge in [0.25, 0.3) is 0 Å². The van der Waals surface area contributed by atoms with Crippen molar-refractivity contribution in [2.45, 2.75) is 13.8 Å². The minimum absolute atomic E-state index is 1.06. The van der Waals surface area contributed by atoms with Crippen LogP contribution in [0.15, 0.2) is 0 Å². The molecule has 5 heavy (non-hydrogen) atoms. The zero-order chi connectivity index (χ0) is 4.71. The zero-order valence-electron chi connectivity index (χ0n) is 3.43. The predicted molar refractivity (Wildman–Crippen MR) is 16.3 cm³/mol. The van der Waals surface area contributed by atoms with Gasteiger partial charge in [-0.05, 0) is 6.42 Å². The average molecular weight is 110 g/mol. The van der Waals surface area contributed by atoms with Crippen molar-refractivity contribution in [2.24, 2.45) is 0 Å². The maximum absolute atomic E-state index is 8.19. The van der Waals surface area contributed by atoms with Gasteiger partial charge in [-0.15, -0.1) is 0 Å². The summed E-state index contributed by atoms with van der Waals surface area (Å²) in [5, 5.41) is 0. The fourth-order valence-corrected chi connectivity index (χ4v) is 0.